The van der Waals surface area contributed by atoms with Gasteiger partial charge in [-0.2, -0.15) is 0 Å². The molecule has 26 heavy (non-hydrogen) atoms. The molecule has 0 spiro atoms. The summed E-state index contributed by atoms with van der Waals surface area (Å²) < 4.78 is 11.3. The van der Waals surface area contributed by atoms with E-state index >= 15 is 0 Å². The Morgan fingerprint density at radius 1 is 1.23 bits per heavy atom. The van der Waals surface area contributed by atoms with E-state index in [2.05, 4.69) is 10.2 Å². The topological polar surface area (TPSA) is 80.7 Å². The van der Waals surface area contributed by atoms with Crippen LogP contribution >= 0.6 is 0 Å². The van der Waals surface area contributed by atoms with Crippen molar-refractivity contribution < 1.29 is 13.9 Å². The van der Waals surface area contributed by atoms with E-state index in [1.807, 2.05) is 43.3 Å². The molecule has 2 aromatic rings. The Morgan fingerprint density at radius 2 is 2.00 bits per heavy atom. The zero-order chi connectivity index (χ0) is 18.4. The summed E-state index contributed by atoms with van der Waals surface area (Å²) >= 11 is 0. The number of benzene rings is 1. The number of rotatable bonds is 7. The lowest BCUT2D eigenvalue weighted by Crippen LogP contribution is -2.43. The SMILES string of the molecule is Cc1ccc(C(CNC(=O)CCc2ccccc2N)N2CCOCC2)o1. The van der Waals surface area contributed by atoms with Crippen LogP contribution in [0.5, 0.6) is 0 Å². The molecule has 6 heteroatoms. The Bertz CT molecular complexity index is 723. The Balaban J connectivity index is 1.56. The van der Waals surface area contributed by atoms with Crippen molar-refractivity contribution in [2.45, 2.75) is 25.8 Å². The third-order valence-electron chi connectivity index (χ3n) is 4.75. The molecule has 3 N–H and O–H groups in total. The number of anilines is 1. The minimum absolute atomic E-state index is 0.0230. The van der Waals surface area contributed by atoms with Crippen LogP contribution in [0.15, 0.2) is 40.8 Å². The predicted molar refractivity (Wildman–Crippen MR) is 101 cm³/mol. The van der Waals surface area contributed by atoms with E-state index in [9.17, 15) is 4.79 Å². The van der Waals surface area contributed by atoms with Gasteiger partial charge in [0.05, 0.1) is 19.3 Å². The van der Waals surface area contributed by atoms with Crippen LogP contribution < -0.4 is 11.1 Å². The average Bonchev–Trinajstić information content (AvgIpc) is 3.08. The van der Waals surface area contributed by atoms with E-state index in [0.717, 1.165) is 35.9 Å². The highest BCUT2D eigenvalue weighted by molar-refractivity contribution is 5.76. The summed E-state index contributed by atoms with van der Waals surface area (Å²) in [5, 5.41) is 3.06. The summed E-state index contributed by atoms with van der Waals surface area (Å²) in [6.45, 7) is 5.54. The monoisotopic (exact) mass is 357 g/mol. The molecule has 1 aliphatic heterocycles. The molecule has 0 aliphatic carbocycles. The fourth-order valence-electron chi connectivity index (χ4n) is 3.24. The number of amides is 1. The molecule has 0 radical (unpaired) electrons. The van der Waals surface area contributed by atoms with E-state index in [4.69, 9.17) is 14.9 Å². The number of ether oxygens (including phenoxy) is 1. The molecular weight excluding hydrogens is 330 g/mol. The lowest BCUT2D eigenvalue weighted by atomic mass is 10.1. The first-order chi connectivity index (χ1) is 12.6. The van der Waals surface area contributed by atoms with Gasteiger partial charge < -0.3 is 20.2 Å². The summed E-state index contributed by atoms with van der Waals surface area (Å²) in [6, 6.07) is 11.6. The highest BCUT2D eigenvalue weighted by Crippen LogP contribution is 2.23. The number of carbonyl (C=O) groups is 1. The lowest BCUT2D eigenvalue weighted by Gasteiger charge is -2.33. The molecule has 1 unspecified atom stereocenters. The van der Waals surface area contributed by atoms with Gasteiger partial charge in [-0.3, -0.25) is 9.69 Å². The number of aryl methyl sites for hydroxylation is 2. The Morgan fingerprint density at radius 3 is 2.69 bits per heavy atom. The summed E-state index contributed by atoms with van der Waals surface area (Å²) in [5.74, 6) is 1.79. The molecule has 0 saturated carbocycles. The molecule has 0 bridgehead atoms. The molecule has 1 saturated heterocycles. The number of nitrogens with two attached hydrogens (primary N) is 1. The minimum atomic E-state index is 0.0230. The number of carbonyl (C=O) groups excluding carboxylic acids is 1. The minimum Gasteiger partial charge on any atom is -0.465 e. The number of hydrogen-bond acceptors (Lipinski definition) is 5. The van der Waals surface area contributed by atoms with Crippen LogP contribution in [0.25, 0.3) is 0 Å². The van der Waals surface area contributed by atoms with Crippen molar-refractivity contribution in [1.29, 1.82) is 0 Å². The van der Waals surface area contributed by atoms with Gasteiger partial charge in [-0.15, -0.1) is 0 Å². The third-order valence-corrected chi connectivity index (χ3v) is 4.75. The van der Waals surface area contributed by atoms with Gasteiger partial charge in [-0.1, -0.05) is 18.2 Å². The quantitative estimate of drug-likeness (QED) is 0.743. The second-order valence-corrected chi connectivity index (χ2v) is 6.62. The van der Waals surface area contributed by atoms with Gasteiger partial charge in [0.25, 0.3) is 0 Å². The fraction of sp³-hybridized carbons (Fsp3) is 0.450. The molecule has 2 heterocycles. The van der Waals surface area contributed by atoms with Gasteiger partial charge in [0.2, 0.25) is 5.91 Å². The van der Waals surface area contributed by atoms with Gasteiger partial charge in [-0.25, -0.2) is 0 Å². The summed E-state index contributed by atoms with van der Waals surface area (Å²) in [4.78, 5) is 14.6. The van der Waals surface area contributed by atoms with Crippen LogP contribution in [0.3, 0.4) is 0 Å². The number of nitrogen functional groups attached to an aromatic ring is 1. The molecule has 3 rings (SSSR count). The summed E-state index contributed by atoms with van der Waals surface area (Å²) in [6.07, 6.45) is 1.06. The highest BCUT2D eigenvalue weighted by Gasteiger charge is 2.25. The van der Waals surface area contributed by atoms with Crippen LogP contribution in [0.1, 0.15) is 29.5 Å². The van der Waals surface area contributed by atoms with Gasteiger partial charge in [0, 0.05) is 31.7 Å². The molecule has 1 aromatic carbocycles. The Hall–Kier alpha value is -2.31. The lowest BCUT2D eigenvalue weighted by molar-refractivity contribution is -0.121. The maximum Gasteiger partial charge on any atom is 0.220 e. The number of nitrogens with one attached hydrogen (secondary N) is 1. The standard InChI is InChI=1S/C20H27N3O3/c1-15-6-8-19(26-15)18(23-10-12-25-13-11-23)14-22-20(24)9-7-16-4-2-3-5-17(16)21/h2-6,8,18H,7,9-14,21H2,1H3,(H,22,24). The number of hydrogen-bond donors (Lipinski definition) is 2. The summed E-state index contributed by atoms with van der Waals surface area (Å²) in [7, 11) is 0. The fourth-order valence-corrected chi connectivity index (χ4v) is 3.24. The first kappa shape index (κ1) is 18.5. The second-order valence-electron chi connectivity index (χ2n) is 6.62. The van der Waals surface area contributed by atoms with Crippen LogP contribution in [0.4, 0.5) is 5.69 Å². The molecule has 6 nitrogen and oxygen atoms in total. The van der Waals surface area contributed by atoms with E-state index in [1.54, 1.807) is 0 Å². The summed E-state index contributed by atoms with van der Waals surface area (Å²) in [5.41, 5.74) is 7.68. The van der Waals surface area contributed by atoms with Crippen molar-refractivity contribution in [3.63, 3.8) is 0 Å². The zero-order valence-electron chi connectivity index (χ0n) is 15.2. The molecule has 1 aromatic heterocycles. The number of morpholine rings is 1. The van der Waals surface area contributed by atoms with E-state index in [0.29, 0.717) is 32.6 Å². The van der Waals surface area contributed by atoms with Gasteiger partial charge in [-0.05, 0) is 37.1 Å². The molecule has 140 valence electrons. The van der Waals surface area contributed by atoms with E-state index in [-0.39, 0.29) is 11.9 Å². The van der Waals surface area contributed by atoms with Gasteiger partial charge in [0.1, 0.15) is 11.5 Å². The smallest absolute Gasteiger partial charge is 0.220 e. The van der Waals surface area contributed by atoms with Crippen LogP contribution in [0, 0.1) is 6.92 Å². The van der Waals surface area contributed by atoms with Gasteiger partial charge >= 0.3 is 0 Å². The highest BCUT2D eigenvalue weighted by atomic mass is 16.5. The number of para-hydroxylation sites is 1. The number of furan rings is 1. The maximum atomic E-state index is 12.3. The van der Waals surface area contributed by atoms with Crippen molar-refractivity contribution in [3.05, 3.63) is 53.5 Å². The van der Waals surface area contributed by atoms with E-state index < -0.39 is 0 Å². The van der Waals surface area contributed by atoms with E-state index in [1.165, 1.54) is 0 Å². The van der Waals surface area contributed by atoms with Crippen molar-refractivity contribution in [2.75, 3.05) is 38.6 Å². The van der Waals surface area contributed by atoms with Crippen molar-refractivity contribution >= 4 is 11.6 Å². The van der Waals surface area contributed by atoms with Gasteiger partial charge in [0.15, 0.2) is 0 Å². The normalized spacial score (nSPS) is 16.3. The second kappa shape index (κ2) is 8.87. The number of nitrogens with zero attached hydrogens (tertiary/aromatic N) is 1. The molecular formula is C20H27N3O3. The molecule has 1 atom stereocenters. The Kier molecular flexibility index (Phi) is 6.30. The predicted octanol–water partition coefficient (Wildman–Crippen LogP) is 2.29. The molecule has 1 amide bonds. The van der Waals surface area contributed by atoms with Crippen LogP contribution in [-0.4, -0.2) is 43.7 Å². The maximum absolute atomic E-state index is 12.3. The first-order valence-corrected chi connectivity index (χ1v) is 9.11. The first-order valence-electron chi connectivity index (χ1n) is 9.11. The Labute approximate surface area is 154 Å². The van der Waals surface area contributed by atoms with Crippen LogP contribution in [0.2, 0.25) is 0 Å². The van der Waals surface area contributed by atoms with Crippen molar-refractivity contribution in [1.82, 2.24) is 10.2 Å². The van der Waals surface area contributed by atoms with Crippen LogP contribution in [-0.2, 0) is 16.0 Å². The van der Waals surface area contributed by atoms with Crippen molar-refractivity contribution in [3.8, 4) is 0 Å². The van der Waals surface area contributed by atoms with Crippen molar-refractivity contribution in [2.24, 2.45) is 0 Å². The average molecular weight is 357 g/mol. The zero-order valence-corrected chi connectivity index (χ0v) is 15.2. The molecule has 1 fully saturated rings. The largest absolute Gasteiger partial charge is 0.465 e. The molecule has 1 aliphatic rings. The third kappa shape index (κ3) is 4.86.